The fraction of sp³-hybridized carbons (Fsp3) is 0.308. The predicted molar refractivity (Wildman–Crippen MR) is 82.7 cm³/mol. The molecule has 1 unspecified atom stereocenters. The Morgan fingerprint density at radius 1 is 1.58 bits per heavy atom. The van der Waals surface area contributed by atoms with E-state index in [1.54, 1.807) is 22.7 Å². The van der Waals surface area contributed by atoms with Crippen LogP contribution in [0.15, 0.2) is 28.1 Å². The molecule has 0 saturated heterocycles. The number of esters is 1. The summed E-state index contributed by atoms with van der Waals surface area (Å²) in [5.74, 6) is -0.259. The van der Waals surface area contributed by atoms with Crippen molar-refractivity contribution in [2.24, 2.45) is 0 Å². The van der Waals surface area contributed by atoms with E-state index >= 15 is 0 Å². The molecular weight excluding hydrogens is 346 g/mol. The third-order valence-corrected chi connectivity index (χ3v) is 5.74. The Balaban J connectivity index is 2.14. The number of rotatable bonds is 5. The van der Waals surface area contributed by atoms with Crippen LogP contribution in [0, 0.1) is 6.92 Å². The van der Waals surface area contributed by atoms with E-state index in [1.807, 2.05) is 30.5 Å². The van der Waals surface area contributed by atoms with Crippen LogP contribution in [0.5, 0.6) is 0 Å². The van der Waals surface area contributed by atoms with Gasteiger partial charge in [0.25, 0.3) is 0 Å². The van der Waals surface area contributed by atoms with Crippen molar-refractivity contribution in [3.63, 3.8) is 0 Å². The molecule has 0 radical (unpaired) electrons. The summed E-state index contributed by atoms with van der Waals surface area (Å²) in [6, 6.07) is 5.60. The Hall–Kier alpha value is -0.690. The first-order valence-electron chi connectivity index (χ1n) is 5.71. The molecule has 0 bridgehead atoms. The maximum atomic E-state index is 11.9. The lowest BCUT2D eigenvalue weighted by molar-refractivity contribution is -0.143. The van der Waals surface area contributed by atoms with Crippen LogP contribution >= 0.6 is 38.6 Å². The van der Waals surface area contributed by atoms with Crippen molar-refractivity contribution < 1.29 is 9.53 Å². The predicted octanol–water partition coefficient (Wildman–Crippen LogP) is 3.88. The molecule has 3 nitrogen and oxygen atoms in total. The van der Waals surface area contributed by atoms with Gasteiger partial charge in [-0.05, 0) is 40.4 Å². The minimum absolute atomic E-state index is 0.259. The maximum absolute atomic E-state index is 11.9. The first-order chi connectivity index (χ1) is 9.11. The zero-order valence-corrected chi connectivity index (χ0v) is 13.8. The largest absolute Gasteiger partial charge is 0.468 e. The number of hydrogen-bond acceptors (Lipinski definition) is 5. The Morgan fingerprint density at radius 3 is 2.89 bits per heavy atom. The molecule has 0 aliphatic rings. The summed E-state index contributed by atoms with van der Waals surface area (Å²) in [5.41, 5.74) is 0. The molecule has 0 aliphatic carbocycles. The standard InChI is InChI=1S/C13H14BrNO2S2/c1-8-10(14)6-11(19-8)12(13(16)17-2)15-7-9-4-3-5-18-9/h3-6,12,15H,7H2,1-2H3. The Labute approximate surface area is 128 Å². The molecule has 2 aromatic rings. The van der Waals surface area contributed by atoms with Gasteiger partial charge in [-0.3, -0.25) is 5.32 Å². The van der Waals surface area contributed by atoms with Crippen molar-refractivity contribution in [1.29, 1.82) is 0 Å². The summed E-state index contributed by atoms with van der Waals surface area (Å²) in [6.07, 6.45) is 0. The van der Waals surface area contributed by atoms with Gasteiger partial charge in [-0.2, -0.15) is 0 Å². The van der Waals surface area contributed by atoms with Gasteiger partial charge in [-0.15, -0.1) is 22.7 Å². The highest BCUT2D eigenvalue weighted by Gasteiger charge is 2.23. The summed E-state index contributed by atoms with van der Waals surface area (Å²) in [7, 11) is 1.41. The van der Waals surface area contributed by atoms with Crippen LogP contribution in [0.3, 0.4) is 0 Å². The second-order valence-electron chi connectivity index (χ2n) is 3.97. The summed E-state index contributed by atoms with van der Waals surface area (Å²) >= 11 is 6.74. The molecule has 0 saturated carbocycles. The number of aryl methyl sites for hydroxylation is 1. The molecule has 2 heterocycles. The van der Waals surface area contributed by atoms with Crippen molar-refractivity contribution in [2.45, 2.75) is 19.5 Å². The van der Waals surface area contributed by atoms with E-state index < -0.39 is 6.04 Å². The van der Waals surface area contributed by atoms with Crippen molar-refractivity contribution in [2.75, 3.05) is 7.11 Å². The van der Waals surface area contributed by atoms with Crippen LogP contribution < -0.4 is 5.32 Å². The molecule has 0 spiro atoms. The first kappa shape index (κ1) is 14.7. The number of thiophene rings is 2. The third-order valence-electron chi connectivity index (χ3n) is 2.66. The van der Waals surface area contributed by atoms with Crippen molar-refractivity contribution in [3.05, 3.63) is 42.7 Å². The smallest absolute Gasteiger partial charge is 0.328 e. The molecule has 0 amide bonds. The number of nitrogens with one attached hydrogen (secondary N) is 1. The Morgan fingerprint density at radius 2 is 2.37 bits per heavy atom. The fourth-order valence-corrected chi connectivity index (χ4v) is 3.94. The van der Waals surface area contributed by atoms with E-state index in [-0.39, 0.29) is 5.97 Å². The van der Waals surface area contributed by atoms with Gasteiger partial charge in [0, 0.05) is 25.6 Å². The van der Waals surface area contributed by atoms with Crippen LogP contribution in [0.25, 0.3) is 0 Å². The second-order valence-corrected chi connectivity index (χ2v) is 7.14. The molecule has 2 aromatic heterocycles. The van der Waals surface area contributed by atoms with Crippen LogP contribution in [0.1, 0.15) is 20.7 Å². The molecule has 0 aromatic carbocycles. The van der Waals surface area contributed by atoms with Crippen LogP contribution in [0.4, 0.5) is 0 Å². The summed E-state index contributed by atoms with van der Waals surface area (Å²) in [4.78, 5) is 15.2. The van der Waals surface area contributed by atoms with E-state index in [1.165, 1.54) is 12.0 Å². The highest BCUT2D eigenvalue weighted by atomic mass is 79.9. The van der Waals surface area contributed by atoms with Gasteiger partial charge in [0.05, 0.1) is 7.11 Å². The highest BCUT2D eigenvalue weighted by Crippen LogP contribution is 2.31. The van der Waals surface area contributed by atoms with Crippen molar-refractivity contribution >= 4 is 44.6 Å². The number of methoxy groups -OCH3 is 1. The molecule has 102 valence electrons. The summed E-state index contributed by atoms with van der Waals surface area (Å²) in [5, 5.41) is 5.28. The number of halogens is 1. The molecule has 0 aliphatic heterocycles. The Bertz CT molecular complexity index is 531. The lowest BCUT2D eigenvalue weighted by Crippen LogP contribution is -2.28. The minimum Gasteiger partial charge on any atom is -0.468 e. The average Bonchev–Trinajstić information content (AvgIpc) is 3.01. The highest BCUT2D eigenvalue weighted by molar-refractivity contribution is 9.10. The zero-order valence-electron chi connectivity index (χ0n) is 10.6. The van der Waals surface area contributed by atoms with Gasteiger partial charge in [-0.25, -0.2) is 4.79 Å². The molecule has 6 heteroatoms. The van der Waals surface area contributed by atoms with Crippen LogP contribution in [-0.2, 0) is 16.1 Å². The first-order valence-corrected chi connectivity index (χ1v) is 8.20. The van der Waals surface area contributed by atoms with Gasteiger partial charge in [0.15, 0.2) is 0 Å². The van der Waals surface area contributed by atoms with E-state index in [9.17, 15) is 4.79 Å². The van der Waals surface area contributed by atoms with Gasteiger partial charge in [0.2, 0.25) is 0 Å². The lowest BCUT2D eigenvalue weighted by Gasteiger charge is -2.14. The number of ether oxygens (including phenoxy) is 1. The third kappa shape index (κ3) is 3.66. The van der Waals surface area contributed by atoms with E-state index in [0.717, 1.165) is 14.2 Å². The lowest BCUT2D eigenvalue weighted by atomic mass is 10.2. The minimum atomic E-state index is -0.415. The van der Waals surface area contributed by atoms with E-state index in [0.29, 0.717) is 6.54 Å². The maximum Gasteiger partial charge on any atom is 0.328 e. The summed E-state index contributed by atoms with van der Waals surface area (Å²) in [6.45, 7) is 2.68. The quantitative estimate of drug-likeness (QED) is 0.823. The molecule has 1 atom stereocenters. The zero-order chi connectivity index (χ0) is 13.8. The second kappa shape index (κ2) is 6.65. The average molecular weight is 360 g/mol. The molecule has 19 heavy (non-hydrogen) atoms. The number of hydrogen-bond donors (Lipinski definition) is 1. The van der Waals surface area contributed by atoms with E-state index in [4.69, 9.17) is 4.74 Å². The number of carbonyl (C=O) groups is 1. The van der Waals surface area contributed by atoms with Crippen LogP contribution in [0.2, 0.25) is 0 Å². The molecule has 2 rings (SSSR count). The number of carbonyl (C=O) groups excluding carboxylic acids is 1. The van der Waals surface area contributed by atoms with Gasteiger partial charge in [0.1, 0.15) is 6.04 Å². The molecular formula is C13H14BrNO2S2. The van der Waals surface area contributed by atoms with Gasteiger partial charge in [-0.1, -0.05) is 6.07 Å². The van der Waals surface area contributed by atoms with Crippen molar-refractivity contribution in [1.82, 2.24) is 5.32 Å². The molecule has 1 N–H and O–H groups in total. The fourth-order valence-electron chi connectivity index (χ4n) is 1.66. The van der Waals surface area contributed by atoms with E-state index in [2.05, 4.69) is 21.2 Å². The van der Waals surface area contributed by atoms with Crippen LogP contribution in [-0.4, -0.2) is 13.1 Å². The Kier molecular flexibility index (Phi) is 5.15. The summed E-state index contributed by atoms with van der Waals surface area (Å²) < 4.78 is 5.91. The topological polar surface area (TPSA) is 38.3 Å². The van der Waals surface area contributed by atoms with Crippen molar-refractivity contribution in [3.8, 4) is 0 Å². The van der Waals surface area contributed by atoms with Gasteiger partial charge >= 0.3 is 5.97 Å². The molecule has 0 fully saturated rings. The monoisotopic (exact) mass is 359 g/mol. The van der Waals surface area contributed by atoms with Gasteiger partial charge < -0.3 is 4.74 Å². The SMILES string of the molecule is COC(=O)C(NCc1cccs1)c1cc(Br)c(C)s1. The normalized spacial score (nSPS) is 12.4.